The maximum atomic E-state index is 12.7. The first-order valence-electron chi connectivity index (χ1n) is 8.14. The monoisotopic (exact) mass is 362 g/mol. The van der Waals surface area contributed by atoms with E-state index < -0.39 is 29.5 Å². The first-order valence-corrected chi connectivity index (χ1v) is 8.14. The lowest BCUT2D eigenvalue weighted by Gasteiger charge is -2.10. The van der Waals surface area contributed by atoms with Crippen LogP contribution in [-0.4, -0.2) is 11.8 Å². The third-order valence-corrected chi connectivity index (χ3v) is 4.23. The molecular weight excluding hydrogens is 345 g/mol. The Labute approximate surface area is 148 Å². The fourth-order valence-corrected chi connectivity index (χ4v) is 2.70. The summed E-state index contributed by atoms with van der Waals surface area (Å²) in [4.78, 5) is 24.2. The molecule has 2 aromatic rings. The van der Waals surface area contributed by atoms with E-state index in [0.29, 0.717) is 13.0 Å². The summed E-state index contributed by atoms with van der Waals surface area (Å²) < 4.78 is 38.1. The fraction of sp³-hybridized carbons (Fsp3) is 0.263. The van der Waals surface area contributed by atoms with Crippen LogP contribution < -0.4 is 10.6 Å². The summed E-state index contributed by atoms with van der Waals surface area (Å²) in [6, 6.07) is 13.8. The van der Waals surface area contributed by atoms with Crippen molar-refractivity contribution >= 4 is 17.5 Å². The molecule has 0 heterocycles. The molecule has 136 valence electrons. The third kappa shape index (κ3) is 4.41. The largest absolute Gasteiger partial charge is 0.416 e. The molecule has 0 aliphatic heterocycles. The van der Waals surface area contributed by atoms with E-state index in [-0.39, 0.29) is 11.6 Å². The molecule has 2 atom stereocenters. The quantitative estimate of drug-likeness (QED) is 0.854. The van der Waals surface area contributed by atoms with Crippen LogP contribution >= 0.6 is 0 Å². The van der Waals surface area contributed by atoms with Crippen LogP contribution in [0.3, 0.4) is 0 Å². The van der Waals surface area contributed by atoms with Crippen molar-refractivity contribution in [2.45, 2.75) is 19.1 Å². The Hall–Kier alpha value is -2.83. The van der Waals surface area contributed by atoms with Crippen LogP contribution in [0.25, 0.3) is 0 Å². The van der Waals surface area contributed by atoms with E-state index in [9.17, 15) is 22.8 Å². The predicted octanol–water partition coefficient (Wildman–Crippen LogP) is 3.60. The molecule has 1 aliphatic carbocycles. The highest BCUT2D eigenvalue weighted by Crippen LogP contribution is 2.40. The number of amides is 2. The molecule has 7 heteroatoms. The normalized spacial score (nSPS) is 18.9. The summed E-state index contributed by atoms with van der Waals surface area (Å²) in [5.74, 6) is -1.62. The second-order valence-corrected chi connectivity index (χ2v) is 6.22. The highest BCUT2D eigenvalue weighted by Gasteiger charge is 2.48. The molecule has 0 bridgehead atoms. The number of hydrogen-bond acceptors (Lipinski definition) is 2. The molecule has 26 heavy (non-hydrogen) atoms. The zero-order valence-electron chi connectivity index (χ0n) is 13.7. The second kappa shape index (κ2) is 7.19. The summed E-state index contributed by atoms with van der Waals surface area (Å²) in [6.45, 7) is 0.373. The minimum absolute atomic E-state index is 0.0696. The van der Waals surface area contributed by atoms with Crippen molar-refractivity contribution in [3.05, 3.63) is 65.7 Å². The SMILES string of the molecule is O=C(NCc1ccccc1)C1CC1C(=O)Nc1cccc(C(F)(F)F)c1. The first kappa shape index (κ1) is 18.0. The molecule has 0 radical (unpaired) electrons. The minimum atomic E-state index is -4.47. The first-order chi connectivity index (χ1) is 12.3. The predicted molar refractivity (Wildman–Crippen MR) is 90.0 cm³/mol. The van der Waals surface area contributed by atoms with Crippen molar-refractivity contribution in [1.82, 2.24) is 5.32 Å². The van der Waals surface area contributed by atoms with Crippen LogP contribution in [0.4, 0.5) is 18.9 Å². The van der Waals surface area contributed by atoms with Gasteiger partial charge in [-0.05, 0) is 30.2 Å². The number of benzene rings is 2. The molecule has 2 N–H and O–H groups in total. The van der Waals surface area contributed by atoms with Gasteiger partial charge in [-0.15, -0.1) is 0 Å². The molecule has 0 saturated heterocycles. The second-order valence-electron chi connectivity index (χ2n) is 6.22. The van der Waals surface area contributed by atoms with Gasteiger partial charge in [0.25, 0.3) is 0 Å². The van der Waals surface area contributed by atoms with E-state index in [1.165, 1.54) is 12.1 Å². The summed E-state index contributed by atoms with van der Waals surface area (Å²) in [6.07, 6.45) is -4.08. The smallest absolute Gasteiger partial charge is 0.352 e. The minimum Gasteiger partial charge on any atom is -0.352 e. The topological polar surface area (TPSA) is 58.2 Å². The van der Waals surface area contributed by atoms with Gasteiger partial charge in [0.15, 0.2) is 0 Å². The molecule has 4 nitrogen and oxygen atoms in total. The van der Waals surface area contributed by atoms with E-state index >= 15 is 0 Å². The van der Waals surface area contributed by atoms with Gasteiger partial charge in [-0.1, -0.05) is 36.4 Å². The number of rotatable bonds is 5. The van der Waals surface area contributed by atoms with E-state index in [4.69, 9.17) is 0 Å². The van der Waals surface area contributed by atoms with Crippen LogP contribution in [0.15, 0.2) is 54.6 Å². The zero-order valence-corrected chi connectivity index (χ0v) is 13.7. The van der Waals surface area contributed by atoms with Crippen LogP contribution in [0.5, 0.6) is 0 Å². The molecular formula is C19H17F3N2O2. The average Bonchev–Trinajstić information content (AvgIpc) is 3.41. The van der Waals surface area contributed by atoms with Crippen LogP contribution in [0.1, 0.15) is 17.5 Å². The molecule has 3 rings (SSSR count). The molecule has 0 aromatic heterocycles. The van der Waals surface area contributed by atoms with Gasteiger partial charge in [-0.25, -0.2) is 0 Å². The van der Waals surface area contributed by atoms with Crippen molar-refractivity contribution in [1.29, 1.82) is 0 Å². The Morgan fingerprint density at radius 1 is 0.962 bits per heavy atom. The highest BCUT2D eigenvalue weighted by molar-refractivity contribution is 5.99. The van der Waals surface area contributed by atoms with Gasteiger partial charge in [0, 0.05) is 12.2 Å². The van der Waals surface area contributed by atoms with Gasteiger partial charge < -0.3 is 10.6 Å². The average molecular weight is 362 g/mol. The maximum absolute atomic E-state index is 12.7. The number of anilines is 1. The Balaban J connectivity index is 1.52. The Bertz CT molecular complexity index is 806. The Morgan fingerprint density at radius 3 is 2.35 bits per heavy atom. The van der Waals surface area contributed by atoms with Crippen LogP contribution in [0.2, 0.25) is 0 Å². The van der Waals surface area contributed by atoms with E-state index in [0.717, 1.165) is 17.7 Å². The maximum Gasteiger partial charge on any atom is 0.416 e. The van der Waals surface area contributed by atoms with Gasteiger partial charge in [0.05, 0.1) is 17.4 Å². The lowest BCUT2D eigenvalue weighted by molar-refractivity contribution is -0.137. The lowest BCUT2D eigenvalue weighted by atomic mass is 10.2. The van der Waals surface area contributed by atoms with Crippen molar-refractivity contribution in [2.75, 3.05) is 5.32 Å². The summed E-state index contributed by atoms with van der Waals surface area (Å²) in [5, 5.41) is 5.23. The highest BCUT2D eigenvalue weighted by atomic mass is 19.4. The third-order valence-electron chi connectivity index (χ3n) is 4.23. The molecule has 2 unspecified atom stereocenters. The van der Waals surface area contributed by atoms with Gasteiger partial charge >= 0.3 is 6.18 Å². The lowest BCUT2D eigenvalue weighted by Crippen LogP contribution is -2.27. The standard InChI is InChI=1S/C19H17F3N2O2/c20-19(21,22)13-7-4-8-14(9-13)24-18(26)16-10-15(16)17(25)23-11-12-5-2-1-3-6-12/h1-9,15-16H,10-11H2,(H,23,25)(H,24,26). The molecule has 2 amide bonds. The van der Waals surface area contributed by atoms with E-state index in [1.807, 2.05) is 30.3 Å². The van der Waals surface area contributed by atoms with Gasteiger partial charge in [-0.2, -0.15) is 13.2 Å². The Morgan fingerprint density at radius 2 is 1.65 bits per heavy atom. The van der Waals surface area contributed by atoms with E-state index in [2.05, 4.69) is 10.6 Å². The van der Waals surface area contributed by atoms with E-state index in [1.54, 1.807) is 0 Å². The number of carbonyl (C=O) groups excluding carboxylic acids is 2. The van der Waals surface area contributed by atoms with Crippen molar-refractivity contribution < 1.29 is 22.8 Å². The van der Waals surface area contributed by atoms with Gasteiger partial charge in [0.1, 0.15) is 0 Å². The van der Waals surface area contributed by atoms with Crippen molar-refractivity contribution in [2.24, 2.45) is 11.8 Å². The van der Waals surface area contributed by atoms with Gasteiger partial charge in [0.2, 0.25) is 11.8 Å². The number of carbonyl (C=O) groups is 2. The molecule has 1 saturated carbocycles. The molecule has 1 aliphatic rings. The summed E-state index contributed by atoms with van der Waals surface area (Å²) >= 11 is 0. The summed E-state index contributed by atoms with van der Waals surface area (Å²) in [7, 11) is 0. The van der Waals surface area contributed by atoms with Crippen LogP contribution in [0, 0.1) is 11.8 Å². The molecule has 1 fully saturated rings. The fourth-order valence-electron chi connectivity index (χ4n) is 2.70. The zero-order chi connectivity index (χ0) is 18.7. The molecule has 2 aromatic carbocycles. The van der Waals surface area contributed by atoms with Gasteiger partial charge in [-0.3, -0.25) is 9.59 Å². The summed E-state index contributed by atoms with van der Waals surface area (Å²) in [5.41, 5.74) is 0.190. The van der Waals surface area contributed by atoms with Crippen LogP contribution in [-0.2, 0) is 22.3 Å². The number of hydrogen-bond donors (Lipinski definition) is 2. The van der Waals surface area contributed by atoms with Crippen molar-refractivity contribution in [3.8, 4) is 0 Å². The number of halogens is 3. The van der Waals surface area contributed by atoms with Crippen molar-refractivity contribution in [3.63, 3.8) is 0 Å². The number of nitrogens with one attached hydrogen (secondary N) is 2. The number of alkyl halides is 3. The Kier molecular flexibility index (Phi) is 4.97. The molecule has 0 spiro atoms.